The van der Waals surface area contributed by atoms with Crippen molar-refractivity contribution >= 4 is 35.2 Å². The Morgan fingerprint density at radius 1 is 1.16 bits per heavy atom. The van der Waals surface area contributed by atoms with E-state index in [4.69, 9.17) is 16.9 Å². The van der Waals surface area contributed by atoms with Crippen molar-refractivity contribution in [2.24, 2.45) is 5.92 Å². The van der Waals surface area contributed by atoms with Crippen molar-refractivity contribution in [2.45, 2.75) is 38.3 Å². The minimum absolute atomic E-state index is 0.0361. The first-order valence-corrected chi connectivity index (χ1v) is 11.4. The van der Waals surface area contributed by atoms with Gasteiger partial charge in [-0.15, -0.1) is 0 Å². The molecule has 2 fully saturated rings. The third kappa shape index (κ3) is 4.73. The second-order valence-electron chi connectivity index (χ2n) is 8.69. The molecule has 2 aromatic carbocycles. The number of rotatable bonds is 5. The Morgan fingerprint density at radius 2 is 1.84 bits per heavy atom. The maximum atomic E-state index is 12.8. The number of hydrogen-bond donors (Lipinski definition) is 1. The average molecular weight is 451 g/mol. The van der Waals surface area contributed by atoms with Gasteiger partial charge in [0.15, 0.2) is 0 Å². The Kier molecular flexibility index (Phi) is 6.66. The molecule has 2 saturated heterocycles. The van der Waals surface area contributed by atoms with Gasteiger partial charge in [-0.2, -0.15) is 5.26 Å². The first-order valence-electron chi connectivity index (χ1n) is 11.1. The van der Waals surface area contributed by atoms with Crippen LogP contribution in [0.5, 0.6) is 0 Å². The highest BCUT2D eigenvalue weighted by molar-refractivity contribution is 6.32. The van der Waals surface area contributed by atoms with Crippen LogP contribution in [0.2, 0.25) is 5.02 Å². The standard InChI is InChI=1S/C25H27ClN4O2/c1-17-12-21(15-30(17)23-7-4-20(14-27)24(26)13-23)28-25(32)19-2-5-22(6-3-19)29-10-8-18(16-31)9-11-29/h2-7,13,16-18,21H,8-12,15H2,1H3,(H,28,32)/t17-,21+/m0/s1. The topological polar surface area (TPSA) is 76.4 Å². The molecule has 0 unspecified atom stereocenters. The van der Waals surface area contributed by atoms with Crippen LogP contribution in [-0.2, 0) is 4.79 Å². The van der Waals surface area contributed by atoms with Crippen molar-refractivity contribution in [2.75, 3.05) is 29.4 Å². The number of anilines is 2. The van der Waals surface area contributed by atoms with Crippen molar-refractivity contribution in [1.82, 2.24) is 5.32 Å². The minimum Gasteiger partial charge on any atom is -0.371 e. The predicted octanol–water partition coefficient (Wildman–Crippen LogP) is 4.02. The van der Waals surface area contributed by atoms with Gasteiger partial charge in [-0.3, -0.25) is 4.79 Å². The van der Waals surface area contributed by atoms with Gasteiger partial charge < -0.3 is 19.9 Å². The molecule has 0 radical (unpaired) electrons. The zero-order valence-electron chi connectivity index (χ0n) is 18.1. The molecule has 0 aliphatic carbocycles. The van der Waals surface area contributed by atoms with E-state index in [9.17, 15) is 9.59 Å². The molecule has 1 N–H and O–H groups in total. The van der Waals surface area contributed by atoms with Crippen LogP contribution in [0.3, 0.4) is 0 Å². The number of nitriles is 1. The fraction of sp³-hybridized carbons (Fsp3) is 0.400. The summed E-state index contributed by atoms with van der Waals surface area (Å²) in [5.41, 5.74) is 3.15. The molecule has 0 bridgehead atoms. The normalized spacial score (nSPS) is 21.3. The zero-order valence-corrected chi connectivity index (χ0v) is 18.9. The van der Waals surface area contributed by atoms with Crippen LogP contribution >= 0.6 is 11.6 Å². The van der Waals surface area contributed by atoms with Crippen LogP contribution in [-0.4, -0.2) is 43.9 Å². The maximum Gasteiger partial charge on any atom is 0.251 e. The summed E-state index contributed by atoms with van der Waals surface area (Å²) in [6, 6.07) is 15.5. The summed E-state index contributed by atoms with van der Waals surface area (Å²) in [5.74, 6) is 0.0955. The van der Waals surface area contributed by atoms with Gasteiger partial charge in [0.05, 0.1) is 10.6 Å². The van der Waals surface area contributed by atoms with E-state index in [1.807, 2.05) is 36.4 Å². The summed E-state index contributed by atoms with van der Waals surface area (Å²) in [5, 5.41) is 12.7. The number of piperidine rings is 1. The van der Waals surface area contributed by atoms with E-state index in [1.165, 1.54) is 0 Å². The molecule has 0 aromatic heterocycles. The Bertz CT molecular complexity index is 1030. The van der Waals surface area contributed by atoms with Crippen LogP contribution in [0.4, 0.5) is 11.4 Å². The number of nitrogens with one attached hydrogen (secondary N) is 1. The maximum absolute atomic E-state index is 12.8. The first kappa shape index (κ1) is 22.2. The lowest BCUT2D eigenvalue weighted by Gasteiger charge is -2.31. The predicted molar refractivity (Wildman–Crippen MR) is 126 cm³/mol. The summed E-state index contributed by atoms with van der Waals surface area (Å²) in [6.07, 6.45) is 3.66. The van der Waals surface area contributed by atoms with E-state index >= 15 is 0 Å². The second kappa shape index (κ2) is 9.62. The Labute approximate surface area is 193 Å². The summed E-state index contributed by atoms with van der Waals surface area (Å²) >= 11 is 6.20. The monoisotopic (exact) mass is 450 g/mol. The van der Waals surface area contributed by atoms with Crippen LogP contribution < -0.4 is 15.1 Å². The Morgan fingerprint density at radius 3 is 2.47 bits per heavy atom. The van der Waals surface area contributed by atoms with Crippen molar-refractivity contribution in [3.63, 3.8) is 0 Å². The third-order valence-corrected chi connectivity index (χ3v) is 6.85. The van der Waals surface area contributed by atoms with E-state index in [2.05, 4.69) is 28.1 Å². The highest BCUT2D eigenvalue weighted by Gasteiger charge is 2.30. The first-order chi connectivity index (χ1) is 15.5. The molecule has 2 aliphatic rings. The van der Waals surface area contributed by atoms with E-state index in [0.717, 1.165) is 50.0 Å². The number of nitrogens with zero attached hydrogens (tertiary/aromatic N) is 3. The highest BCUT2D eigenvalue weighted by atomic mass is 35.5. The van der Waals surface area contributed by atoms with Gasteiger partial charge in [0.25, 0.3) is 5.91 Å². The van der Waals surface area contributed by atoms with Gasteiger partial charge in [-0.1, -0.05) is 11.6 Å². The molecule has 0 spiro atoms. The summed E-state index contributed by atoms with van der Waals surface area (Å²) in [7, 11) is 0. The van der Waals surface area contributed by atoms with Gasteiger partial charge in [0.2, 0.25) is 0 Å². The second-order valence-corrected chi connectivity index (χ2v) is 9.10. The van der Waals surface area contributed by atoms with Gasteiger partial charge >= 0.3 is 0 Å². The quantitative estimate of drug-likeness (QED) is 0.696. The molecule has 2 aromatic rings. The molecule has 2 heterocycles. The zero-order chi connectivity index (χ0) is 22.7. The Balaban J connectivity index is 1.35. The molecule has 0 saturated carbocycles. The summed E-state index contributed by atoms with van der Waals surface area (Å²) < 4.78 is 0. The minimum atomic E-state index is -0.0758. The number of hydrogen-bond acceptors (Lipinski definition) is 5. The van der Waals surface area contributed by atoms with Crippen LogP contribution in [0, 0.1) is 17.2 Å². The molecular weight excluding hydrogens is 424 g/mol. The number of amides is 1. The fourth-order valence-electron chi connectivity index (χ4n) is 4.65. The number of benzene rings is 2. The molecular formula is C25H27ClN4O2. The Hall–Kier alpha value is -3.04. The average Bonchev–Trinajstić information content (AvgIpc) is 3.19. The van der Waals surface area contributed by atoms with E-state index in [1.54, 1.807) is 6.07 Å². The van der Waals surface area contributed by atoms with Gasteiger partial charge in [-0.05, 0) is 68.7 Å². The molecule has 166 valence electrons. The molecule has 7 heteroatoms. The fourth-order valence-corrected chi connectivity index (χ4v) is 4.87. The van der Waals surface area contributed by atoms with E-state index in [-0.39, 0.29) is 23.9 Å². The molecule has 32 heavy (non-hydrogen) atoms. The number of halogens is 1. The largest absolute Gasteiger partial charge is 0.371 e. The van der Waals surface area contributed by atoms with Crippen LogP contribution in [0.15, 0.2) is 42.5 Å². The smallest absolute Gasteiger partial charge is 0.251 e. The van der Waals surface area contributed by atoms with Crippen LogP contribution in [0.25, 0.3) is 0 Å². The van der Waals surface area contributed by atoms with E-state index in [0.29, 0.717) is 22.7 Å². The molecule has 6 nitrogen and oxygen atoms in total. The lowest BCUT2D eigenvalue weighted by atomic mass is 9.98. The number of carbonyl (C=O) groups is 2. The van der Waals surface area contributed by atoms with E-state index < -0.39 is 0 Å². The molecule has 4 rings (SSSR count). The molecule has 2 aliphatic heterocycles. The van der Waals surface area contributed by atoms with Gasteiger partial charge in [0.1, 0.15) is 12.4 Å². The van der Waals surface area contributed by atoms with Crippen molar-refractivity contribution in [3.8, 4) is 6.07 Å². The summed E-state index contributed by atoms with van der Waals surface area (Å²) in [4.78, 5) is 28.2. The number of aldehydes is 1. The lowest BCUT2D eigenvalue weighted by molar-refractivity contribution is -0.111. The number of carbonyl (C=O) groups excluding carboxylic acids is 2. The lowest BCUT2D eigenvalue weighted by Crippen LogP contribution is -2.37. The summed E-state index contributed by atoms with van der Waals surface area (Å²) in [6.45, 7) is 4.55. The SMILES string of the molecule is C[C@H]1C[C@@H](NC(=O)c2ccc(N3CCC(C=O)CC3)cc2)CN1c1ccc(C#N)c(Cl)c1. The van der Waals surface area contributed by atoms with Gasteiger partial charge in [0, 0.05) is 54.6 Å². The molecule has 2 atom stereocenters. The molecule has 1 amide bonds. The van der Waals surface area contributed by atoms with Crippen LogP contribution in [0.1, 0.15) is 42.1 Å². The van der Waals surface area contributed by atoms with Crippen molar-refractivity contribution in [3.05, 3.63) is 58.6 Å². The van der Waals surface area contributed by atoms with Gasteiger partial charge in [-0.25, -0.2) is 0 Å². The van der Waals surface area contributed by atoms with Crippen molar-refractivity contribution < 1.29 is 9.59 Å². The third-order valence-electron chi connectivity index (χ3n) is 6.54. The highest BCUT2D eigenvalue weighted by Crippen LogP contribution is 2.29. The van der Waals surface area contributed by atoms with Crippen molar-refractivity contribution in [1.29, 1.82) is 5.26 Å².